The van der Waals surface area contributed by atoms with Crippen LogP contribution in [-0.4, -0.2) is 23.8 Å². The van der Waals surface area contributed by atoms with Gasteiger partial charge in [-0.2, -0.15) is 0 Å². The molecule has 0 bridgehead atoms. The minimum Gasteiger partial charge on any atom is -0.466 e. The normalized spacial score (nSPS) is 30.2. The van der Waals surface area contributed by atoms with Gasteiger partial charge in [-0.05, 0) is 54.8 Å². The van der Waals surface area contributed by atoms with Gasteiger partial charge in [-0.15, -0.1) is 0 Å². The van der Waals surface area contributed by atoms with Crippen LogP contribution in [0.2, 0.25) is 0 Å². The average molecular weight is 312 g/mol. The zero-order valence-electron chi connectivity index (χ0n) is 15.6. The van der Waals surface area contributed by atoms with E-state index in [1.807, 2.05) is 6.92 Å². The van der Waals surface area contributed by atoms with Crippen LogP contribution in [0.4, 0.5) is 0 Å². The molecule has 0 spiro atoms. The highest BCUT2D eigenvalue weighted by Gasteiger charge is 2.45. The van der Waals surface area contributed by atoms with Gasteiger partial charge in [0.15, 0.2) is 0 Å². The van der Waals surface area contributed by atoms with E-state index in [-0.39, 0.29) is 34.7 Å². The van der Waals surface area contributed by atoms with Crippen molar-refractivity contribution in [3.8, 4) is 0 Å². The zero-order chi connectivity index (χ0) is 17.1. The molecule has 1 saturated carbocycles. The lowest BCUT2D eigenvalue weighted by Gasteiger charge is -2.49. The van der Waals surface area contributed by atoms with E-state index in [0.717, 1.165) is 19.3 Å². The summed E-state index contributed by atoms with van der Waals surface area (Å²) in [4.78, 5) is 11.6. The highest BCUT2D eigenvalue weighted by atomic mass is 16.5. The van der Waals surface area contributed by atoms with E-state index >= 15 is 0 Å². The molecule has 0 aromatic heterocycles. The smallest absolute Gasteiger partial charge is 0.305 e. The van der Waals surface area contributed by atoms with Crippen LogP contribution in [0.15, 0.2) is 0 Å². The molecule has 4 atom stereocenters. The Morgan fingerprint density at radius 1 is 1.05 bits per heavy atom. The molecule has 1 aliphatic rings. The third kappa shape index (κ3) is 5.26. The lowest BCUT2D eigenvalue weighted by atomic mass is 9.58. The molecule has 22 heavy (non-hydrogen) atoms. The zero-order valence-corrected chi connectivity index (χ0v) is 15.6. The predicted molar refractivity (Wildman–Crippen MR) is 90.5 cm³/mol. The maximum absolute atomic E-state index is 11.6. The van der Waals surface area contributed by atoms with E-state index < -0.39 is 0 Å². The second-order valence-electron chi connectivity index (χ2n) is 9.12. The number of hydrogen-bond donors (Lipinski definition) is 1. The molecule has 3 unspecified atom stereocenters. The van der Waals surface area contributed by atoms with Crippen molar-refractivity contribution < 1.29 is 14.6 Å². The third-order valence-corrected chi connectivity index (χ3v) is 5.29. The summed E-state index contributed by atoms with van der Waals surface area (Å²) in [5.74, 6) is 0.991. The van der Waals surface area contributed by atoms with Gasteiger partial charge in [-0.3, -0.25) is 4.79 Å². The first-order chi connectivity index (χ1) is 9.96. The van der Waals surface area contributed by atoms with Crippen LogP contribution in [0.3, 0.4) is 0 Å². The van der Waals surface area contributed by atoms with Crippen molar-refractivity contribution in [3.05, 3.63) is 0 Å². The topological polar surface area (TPSA) is 46.5 Å². The van der Waals surface area contributed by atoms with Crippen LogP contribution in [0.5, 0.6) is 0 Å². The number of esters is 1. The Hall–Kier alpha value is -0.570. The molecule has 0 radical (unpaired) electrons. The number of aliphatic hydroxyl groups is 1. The first-order valence-corrected chi connectivity index (χ1v) is 8.80. The number of carbonyl (C=O) groups excluding carboxylic acids is 1. The summed E-state index contributed by atoms with van der Waals surface area (Å²) in [5, 5.41) is 10.9. The molecule has 130 valence electrons. The maximum atomic E-state index is 11.6. The van der Waals surface area contributed by atoms with Gasteiger partial charge in [0.25, 0.3) is 0 Å². The summed E-state index contributed by atoms with van der Waals surface area (Å²) >= 11 is 0. The Morgan fingerprint density at radius 3 is 1.86 bits per heavy atom. The Kier molecular flexibility index (Phi) is 6.49. The molecule has 0 heterocycles. The largest absolute Gasteiger partial charge is 0.466 e. The first-order valence-electron chi connectivity index (χ1n) is 8.80. The maximum Gasteiger partial charge on any atom is 0.305 e. The van der Waals surface area contributed by atoms with Crippen molar-refractivity contribution in [1.29, 1.82) is 0 Å². The summed E-state index contributed by atoms with van der Waals surface area (Å²) in [7, 11) is 0. The van der Waals surface area contributed by atoms with Crippen LogP contribution < -0.4 is 0 Å². The van der Waals surface area contributed by atoms with Gasteiger partial charge in [0.05, 0.1) is 12.7 Å². The Labute approximate surface area is 136 Å². The van der Waals surface area contributed by atoms with E-state index in [1.165, 1.54) is 0 Å². The van der Waals surface area contributed by atoms with Crippen LogP contribution in [0, 0.1) is 28.6 Å². The monoisotopic (exact) mass is 312 g/mol. The van der Waals surface area contributed by atoms with Crippen LogP contribution >= 0.6 is 0 Å². The van der Waals surface area contributed by atoms with Gasteiger partial charge in [-0.1, -0.05) is 41.5 Å². The SMILES string of the molecule is CCOC(=O)CCC1CC(C(C)(C)C)C(O)[C@H](C(C)(C)C)C1. The summed E-state index contributed by atoms with van der Waals surface area (Å²) < 4.78 is 5.05. The quantitative estimate of drug-likeness (QED) is 0.781. The Morgan fingerprint density at radius 2 is 1.50 bits per heavy atom. The summed E-state index contributed by atoms with van der Waals surface area (Å²) in [6, 6.07) is 0. The average Bonchev–Trinajstić information content (AvgIpc) is 2.35. The van der Waals surface area contributed by atoms with Crippen LogP contribution in [-0.2, 0) is 9.53 Å². The van der Waals surface area contributed by atoms with E-state index in [9.17, 15) is 9.90 Å². The first kappa shape index (κ1) is 19.5. The molecule has 0 saturated heterocycles. The Bertz CT molecular complexity index is 338. The summed E-state index contributed by atoms with van der Waals surface area (Å²) in [6.45, 7) is 15.6. The van der Waals surface area contributed by atoms with Gasteiger partial charge in [0.1, 0.15) is 0 Å². The number of hydrogen-bond acceptors (Lipinski definition) is 3. The van der Waals surface area contributed by atoms with Crippen molar-refractivity contribution in [2.75, 3.05) is 6.61 Å². The van der Waals surface area contributed by atoms with Crippen LogP contribution in [0.25, 0.3) is 0 Å². The highest BCUT2D eigenvalue weighted by Crippen LogP contribution is 2.49. The molecule has 1 aliphatic carbocycles. The molecular formula is C19H36O3. The van der Waals surface area contributed by atoms with Gasteiger partial charge in [0.2, 0.25) is 0 Å². The van der Waals surface area contributed by atoms with Gasteiger partial charge >= 0.3 is 5.97 Å². The number of ether oxygens (including phenoxy) is 1. The van der Waals surface area contributed by atoms with E-state index in [4.69, 9.17) is 4.74 Å². The second kappa shape index (κ2) is 7.33. The van der Waals surface area contributed by atoms with Gasteiger partial charge in [0, 0.05) is 6.42 Å². The van der Waals surface area contributed by atoms with Crippen molar-refractivity contribution >= 4 is 5.97 Å². The van der Waals surface area contributed by atoms with Crippen molar-refractivity contribution in [3.63, 3.8) is 0 Å². The molecule has 0 aromatic carbocycles. The number of aliphatic hydroxyl groups excluding tert-OH is 1. The third-order valence-electron chi connectivity index (χ3n) is 5.29. The van der Waals surface area contributed by atoms with E-state index in [2.05, 4.69) is 41.5 Å². The fourth-order valence-corrected chi connectivity index (χ4v) is 3.90. The molecule has 0 aromatic rings. The lowest BCUT2D eigenvalue weighted by Crippen LogP contribution is -2.47. The summed E-state index contributed by atoms with van der Waals surface area (Å²) in [5.41, 5.74) is 0.178. The molecule has 0 aliphatic heterocycles. The lowest BCUT2D eigenvalue weighted by molar-refractivity contribution is -0.144. The second-order valence-corrected chi connectivity index (χ2v) is 9.12. The fourth-order valence-electron chi connectivity index (χ4n) is 3.90. The minimum atomic E-state index is -0.251. The molecular weight excluding hydrogens is 276 g/mol. The molecule has 1 fully saturated rings. The van der Waals surface area contributed by atoms with Gasteiger partial charge < -0.3 is 9.84 Å². The highest BCUT2D eigenvalue weighted by molar-refractivity contribution is 5.69. The molecule has 3 heteroatoms. The van der Waals surface area contributed by atoms with E-state index in [1.54, 1.807) is 0 Å². The molecule has 3 nitrogen and oxygen atoms in total. The van der Waals surface area contributed by atoms with Crippen LogP contribution in [0.1, 0.15) is 74.1 Å². The Balaban J connectivity index is 2.81. The number of rotatable bonds is 4. The van der Waals surface area contributed by atoms with E-state index in [0.29, 0.717) is 18.9 Å². The minimum absolute atomic E-state index is 0.0888. The fraction of sp³-hybridized carbons (Fsp3) is 0.947. The number of carbonyl (C=O) groups is 1. The molecule has 1 N–H and O–H groups in total. The summed E-state index contributed by atoms with van der Waals surface area (Å²) in [6.07, 6.45) is 3.15. The van der Waals surface area contributed by atoms with Crippen molar-refractivity contribution in [2.24, 2.45) is 28.6 Å². The van der Waals surface area contributed by atoms with Crippen molar-refractivity contribution in [2.45, 2.75) is 80.3 Å². The standard InChI is InChI=1S/C19H36O3/c1-8-22-16(20)10-9-13-11-14(18(2,3)4)17(21)15(12-13)19(5,6)7/h13-15,17,21H,8-12H2,1-7H3/t13?,14-,15?,17?/m1/s1. The molecule has 1 rings (SSSR count). The predicted octanol–water partition coefficient (Wildman–Crippen LogP) is 4.43. The van der Waals surface area contributed by atoms with Gasteiger partial charge in [-0.25, -0.2) is 0 Å². The molecule has 0 amide bonds. The van der Waals surface area contributed by atoms with Crippen molar-refractivity contribution in [1.82, 2.24) is 0 Å².